The first-order chi connectivity index (χ1) is 14.8. The Hall–Kier alpha value is -2.33. The van der Waals surface area contributed by atoms with Crippen LogP contribution in [0.1, 0.15) is 24.2 Å². The maximum Gasteiger partial charge on any atom is 0.242 e. The fourth-order valence-electron chi connectivity index (χ4n) is 3.64. The van der Waals surface area contributed by atoms with Crippen molar-refractivity contribution in [3.8, 4) is 0 Å². The molecule has 2 aromatic heterocycles. The van der Waals surface area contributed by atoms with Gasteiger partial charge in [-0.15, -0.1) is 11.3 Å². The van der Waals surface area contributed by atoms with Crippen LogP contribution in [0.4, 0.5) is 0 Å². The van der Waals surface area contributed by atoms with Crippen LogP contribution in [-0.2, 0) is 29.7 Å². The molecular formula is C22H27N5O2S2. The zero-order valence-electron chi connectivity index (χ0n) is 18.2. The van der Waals surface area contributed by atoms with Gasteiger partial charge in [0.05, 0.1) is 39.2 Å². The molecule has 0 aliphatic carbocycles. The van der Waals surface area contributed by atoms with Crippen molar-refractivity contribution in [2.24, 2.45) is 0 Å². The number of hydrogen-bond donors (Lipinski definition) is 0. The van der Waals surface area contributed by atoms with Gasteiger partial charge in [0.25, 0.3) is 0 Å². The summed E-state index contributed by atoms with van der Waals surface area (Å²) in [7, 11) is 1.64. The number of nitrogens with zero attached hydrogens (tertiary/aromatic N) is 5. The molecule has 0 aliphatic rings. The fourth-order valence-corrected chi connectivity index (χ4v) is 5.61. The smallest absolute Gasteiger partial charge is 0.242 e. The van der Waals surface area contributed by atoms with Gasteiger partial charge in [0.1, 0.15) is 10.8 Å². The van der Waals surface area contributed by atoms with Crippen molar-refractivity contribution in [2.45, 2.75) is 37.9 Å². The molecule has 4 aromatic rings. The van der Waals surface area contributed by atoms with Crippen LogP contribution in [-0.4, -0.2) is 53.3 Å². The Bertz CT molecular complexity index is 1290. The van der Waals surface area contributed by atoms with Gasteiger partial charge < -0.3 is 4.57 Å². The molecule has 0 aliphatic heterocycles. The Kier molecular flexibility index (Phi) is 6.11. The zero-order chi connectivity index (χ0) is 22.2. The summed E-state index contributed by atoms with van der Waals surface area (Å²) in [6.07, 6.45) is 0.970. The summed E-state index contributed by atoms with van der Waals surface area (Å²) in [6.45, 7) is 4.35. The molecule has 0 radical (unpaired) electrons. The summed E-state index contributed by atoms with van der Waals surface area (Å²) in [4.78, 5) is 12.0. The van der Waals surface area contributed by atoms with Gasteiger partial charge in [-0.25, -0.2) is 22.7 Å². The zero-order valence-corrected chi connectivity index (χ0v) is 19.9. The summed E-state index contributed by atoms with van der Waals surface area (Å²) < 4.78 is 29.7. The molecule has 0 spiro atoms. The molecule has 2 aromatic carbocycles. The van der Waals surface area contributed by atoms with Crippen LogP contribution in [0.3, 0.4) is 0 Å². The lowest BCUT2D eigenvalue weighted by Gasteiger charge is -2.16. The van der Waals surface area contributed by atoms with Crippen molar-refractivity contribution >= 4 is 42.6 Å². The predicted molar refractivity (Wildman–Crippen MR) is 126 cm³/mol. The van der Waals surface area contributed by atoms with Crippen molar-refractivity contribution in [3.63, 3.8) is 0 Å². The lowest BCUT2D eigenvalue weighted by atomic mass is 10.3. The van der Waals surface area contributed by atoms with E-state index in [0.717, 1.165) is 41.4 Å². The summed E-state index contributed by atoms with van der Waals surface area (Å²) in [5.41, 5.74) is 2.70. The molecule has 9 heteroatoms. The van der Waals surface area contributed by atoms with Crippen LogP contribution in [0.15, 0.2) is 47.4 Å². The van der Waals surface area contributed by atoms with Gasteiger partial charge >= 0.3 is 0 Å². The maximum atomic E-state index is 12.5. The molecule has 31 heavy (non-hydrogen) atoms. The molecule has 7 nitrogen and oxygen atoms in total. The molecule has 0 N–H and O–H groups in total. The topological polar surface area (TPSA) is 71.3 Å². The molecule has 0 bridgehead atoms. The number of rotatable bonds is 8. The van der Waals surface area contributed by atoms with Crippen molar-refractivity contribution in [1.29, 1.82) is 0 Å². The average molecular weight is 458 g/mol. The van der Waals surface area contributed by atoms with Crippen LogP contribution >= 0.6 is 11.3 Å². The van der Waals surface area contributed by atoms with E-state index < -0.39 is 10.0 Å². The second-order valence-electron chi connectivity index (χ2n) is 7.87. The maximum absolute atomic E-state index is 12.5. The number of aryl methyl sites for hydroxylation is 1. The third-order valence-electron chi connectivity index (χ3n) is 5.18. The second kappa shape index (κ2) is 8.66. The normalized spacial score (nSPS) is 12.6. The molecule has 0 saturated heterocycles. The first-order valence-electron chi connectivity index (χ1n) is 10.2. The van der Waals surface area contributed by atoms with Crippen LogP contribution < -0.4 is 0 Å². The van der Waals surface area contributed by atoms with Crippen molar-refractivity contribution in [2.75, 3.05) is 21.1 Å². The van der Waals surface area contributed by atoms with E-state index >= 15 is 0 Å². The minimum absolute atomic E-state index is 0.264. The lowest BCUT2D eigenvalue weighted by Crippen LogP contribution is -2.22. The number of aromatic nitrogens is 3. The predicted octanol–water partition coefficient (Wildman–Crippen LogP) is 3.94. The van der Waals surface area contributed by atoms with E-state index in [1.807, 2.05) is 24.3 Å². The van der Waals surface area contributed by atoms with E-state index in [2.05, 4.69) is 29.5 Å². The summed E-state index contributed by atoms with van der Waals surface area (Å²) in [5, 5.41) is 1.07. The molecular weight excluding hydrogens is 430 g/mol. The van der Waals surface area contributed by atoms with E-state index in [1.165, 1.54) is 23.1 Å². The third kappa shape index (κ3) is 4.36. The van der Waals surface area contributed by atoms with E-state index in [1.54, 1.807) is 23.5 Å². The van der Waals surface area contributed by atoms with Crippen LogP contribution in [0, 0.1) is 0 Å². The number of imidazole rings is 1. The largest absolute Gasteiger partial charge is 0.327 e. The Balaban J connectivity index is 1.62. The van der Waals surface area contributed by atoms with E-state index in [9.17, 15) is 8.42 Å². The highest BCUT2D eigenvalue weighted by atomic mass is 32.2. The van der Waals surface area contributed by atoms with Gasteiger partial charge in [-0.05, 0) is 43.8 Å². The van der Waals surface area contributed by atoms with Gasteiger partial charge in [-0.1, -0.05) is 19.1 Å². The molecule has 0 amide bonds. The summed E-state index contributed by atoms with van der Waals surface area (Å²) in [5.74, 6) is 0.930. The number of sulfonamides is 1. The summed E-state index contributed by atoms with van der Waals surface area (Å²) in [6, 6.07) is 13.4. The molecule has 0 fully saturated rings. The van der Waals surface area contributed by atoms with Crippen LogP contribution in [0.25, 0.3) is 21.3 Å². The Morgan fingerprint density at radius 3 is 2.48 bits per heavy atom. The van der Waals surface area contributed by atoms with Crippen LogP contribution in [0.2, 0.25) is 0 Å². The van der Waals surface area contributed by atoms with E-state index in [0.29, 0.717) is 12.1 Å². The molecule has 164 valence electrons. The van der Waals surface area contributed by atoms with Gasteiger partial charge in [-0.3, -0.25) is 4.90 Å². The minimum Gasteiger partial charge on any atom is -0.327 e. The highest BCUT2D eigenvalue weighted by Crippen LogP contribution is 2.25. The highest BCUT2D eigenvalue weighted by molar-refractivity contribution is 7.89. The van der Waals surface area contributed by atoms with E-state index in [4.69, 9.17) is 9.97 Å². The Labute approximate surface area is 187 Å². The molecule has 0 atom stereocenters. The Morgan fingerprint density at radius 2 is 1.77 bits per heavy atom. The molecule has 0 saturated carbocycles. The van der Waals surface area contributed by atoms with Gasteiger partial charge in [0.15, 0.2) is 0 Å². The van der Waals surface area contributed by atoms with Crippen molar-refractivity contribution < 1.29 is 8.42 Å². The summed E-state index contributed by atoms with van der Waals surface area (Å²) >= 11 is 1.71. The quantitative estimate of drug-likeness (QED) is 0.401. The van der Waals surface area contributed by atoms with Gasteiger partial charge in [0, 0.05) is 20.6 Å². The first-order valence-corrected chi connectivity index (χ1v) is 12.5. The molecule has 4 rings (SSSR count). The van der Waals surface area contributed by atoms with E-state index in [-0.39, 0.29) is 4.90 Å². The number of thiazole rings is 1. The first kappa shape index (κ1) is 21.9. The SMILES string of the molecule is CCCn1c(CN(C)Cc2nc3ccccc3s2)nc2cc(S(=O)(=O)N(C)C)ccc21. The van der Waals surface area contributed by atoms with Gasteiger partial charge in [-0.2, -0.15) is 0 Å². The minimum atomic E-state index is -3.49. The fraction of sp³-hybridized carbons (Fsp3) is 0.364. The van der Waals surface area contributed by atoms with Gasteiger partial charge in [0.2, 0.25) is 10.0 Å². The number of para-hydroxylation sites is 1. The van der Waals surface area contributed by atoms with Crippen LogP contribution in [0.5, 0.6) is 0 Å². The van der Waals surface area contributed by atoms with Crippen molar-refractivity contribution in [3.05, 3.63) is 53.3 Å². The lowest BCUT2D eigenvalue weighted by molar-refractivity contribution is 0.305. The monoisotopic (exact) mass is 457 g/mol. The second-order valence-corrected chi connectivity index (χ2v) is 11.1. The number of benzene rings is 2. The number of fused-ring (bicyclic) bond motifs is 2. The standard InChI is InChI=1S/C22H27N5O2S2/c1-5-12-27-19-11-10-16(31(28,29)25(2)3)13-18(19)23-21(27)14-26(4)15-22-24-17-8-6-7-9-20(17)30-22/h6-11,13H,5,12,14-15H2,1-4H3. The third-order valence-corrected chi connectivity index (χ3v) is 8.01. The molecule has 2 heterocycles. The number of hydrogen-bond acceptors (Lipinski definition) is 6. The average Bonchev–Trinajstić information content (AvgIpc) is 3.28. The van der Waals surface area contributed by atoms with Crippen molar-refractivity contribution in [1.82, 2.24) is 23.7 Å². The Morgan fingerprint density at radius 1 is 1.00 bits per heavy atom. The highest BCUT2D eigenvalue weighted by Gasteiger charge is 2.20. The molecule has 0 unspecified atom stereocenters.